The molecule has 0 radical (unpaired) electrons. The molecule has 0 spiro atoms. The lowest BCUT2D eigenvalue weighted by Gasteiger charge is -2.39. The lowest BCUT2D eigenvalue weighted by Crippen LogP contribution is -2.53. The molecule has 0 heterocycles. The summed E-state index contributed by atoms with van der Waals surface area (Å²) in [6.07, 6.45) is 2.20. The molecule has 0 rings (SSSR count). The predicted octanol–water partition coefficient (Wildman–Crippen LogP) is 0.437. The number of nitrogens with two attached hydrogens (primary N) is 1. The van der Waals surface area contributed by atoms with E-state index in [0.717, 1.165) is 25.4 Å². The minimum Gasteiger partial charge on any atom is -0.748 e. The minimum absolute atomic E-state index is 0. The molecule has 6 N–H and O–H groups in total. The Morgan fingerprint density at radius 2 is 1.38 bits per heavy atom. The van der Waals surface area contributed by atoms with Crippen LogP contribution in [-0.4, -0.2) is 110 Å². The molecule has 0 aliphatic heterocycles. The maximum atomic E-state index is 11.2. The van der Waals surface area contributed by atoms with Crippen molar-refractivity contribution in [1.82, 2.24) is 6.15 Å². The van der Waals surface area contributed by atoms with Gasteiger partial charge in [0, 0.05) is 34.0 Å². The summed E-state index contributed by atoms with van der Waals surface area (Å²) in [5, 5.41) is 0. The lowest BCUT2D eigenvalue weighted by atomic mass is 10.2. The quantitative estimate of drug-likeness (QED) is 0.0822. The van der Waals surface area contributed by atoms with E-state index >= 15 is 0 Å². The molecule has 0 bridgehead atoms. The van der Waals surface area contributed by atoms with E-state index in [0.29, 0.717) is 57.1 Å². The summed E-state index contributed by atoms with van der Waals surface area (Å²) < 4.78 is 76.1. The van der Waals surface area contributed by atoms with Crippen molar-refractivity contribution in [3.63, 3.8) is 0 Å². The predicted molar refractivity (Wildman–Crippen MR) is 129 cm³/mol. The third-order valence-corrected chi connectivity index (χ3v) is 8.21. The van der Waals surface area contributed by atoms with Crippen LogP contribution in [0.2, 0.25) is 19.1 Å². The summed E-state index contributed by atoms with van der Waals surface area (Å²) >= 11 is 0. The van der Waals surface area contributed by atoms with Crippen LogP contribution in [0.15, 0.2) is 0 Å². The van der Waals surface area contributed by atoms with E-state index < -0.39 is 34.8 Å². The molecule has 1 unspecified atom stereocenters. The van der Waals surface area contributed by atoms with E-state index in [1.165, 1.54) is 0 Å². The van der Waals surface area contributed by atoms with E-state index in [1.54, 1.807) is 0 Å². The molecule has 0 aromatic rings. The Morgan fingerprint density at radius 3 is 1.88 bits per heavy atom. The van der Waals surface area contributed by atoms with Crippen molar-refractivity contribution in [2.75, 3.05) is 70.7 Å². The van der Waals surface area contributed by atoms with E-state index in [1.807, 2.05) is 0 Å². The zero-order valence-electron chi connectivity index (χ0n) is 19.7. The standard InChI is InChI=1S/C18H42N2O8S2Si.H3N/c1-31(2)18-6-10-20(8-4-16-29(21,22)23,9-5-17-30(24,25)26)11-13-28-15-14-27-12-3-7-19;/h31H,3-19H2,1-2H3,(H-,21,22,23,24,25,26);1H3. The van der Waals surface area contributed by atoms with Gasteiger partial charge in [-0.25, -0.2) is 8.42 Å². The minimum atomic E-state index is -4.31. The van der Waals surface area contributed by atoms with Crippen LogP contribution in [0.5, 0.6) is 0 Å². The number of rotatable bonds is 21. The van der Waals surface area contributed by atoms with Crippen LogP contribution in [0.1, 0.15) is 25.7 Å². The summed E-state index contributed by atoms with van der Waals surface area (Å²) in [6, 6.07) is 1.12. The van der Waals surface area contributed by atoms with Gasteiger partial charge in [0.2, 0.25) is 0 Å². The van der Waals surface area contributed by atoms with Crippen LogP contribution < -0.4 is 11.9 Å². The molecular weight excluding hydrogens is 478 g/mol. The zero-order chi connectivity index (χ0) is 23.8. The van der Waals surface area contributed by atoms with Crippen molar-refractivity contribution >= 4 is 29.0 Å². The van der Waals surface area contributed by atoms with Gasteiger partial charge < -0.3 is 30.4 Å². The highest BCUT2D eigenvalue weighted by molar-refractivity contribution is 7.85. The van der Waals surface area contributed by atoms with Crippen molar-refractivity contribution in [3.05, 3.63) is 0 Å². The fourth-order valence-electron chi connectivity index (χ4n) is 3.43. The van der Waals surface area contributed by atoms with Crippen LogP contribution in [0.25, 0.3) is 0 Å². The number of ether oxygens (including phenoxy) is 2. The Bertz CT molecular complexity index is 625. The van der Waals surface area contributed by atoms with Crippen molar-refractivity contribution < 1.29 is 39.9 Å². The fourth-order valence-corrected chi connectivity index (χ4v) is 5.41. The van der Waals surface area contributed by atoms with Gasteiger partial charge in [-0.15, -0.1) is 0 Å². The second kappa shape index (κ2) is 18.2. The van der Waals surface area contributed by atoms with Gasteiger partial charge in [0.15, 0.2) is 0 Å². The molecule has 11 nitrogen and oxygen atoms in total. The molecular formula is C18H45N3O8S2Si. The average molecular weight is 524 g/mol. The summed E-state index contributed by atoms with van der Waals surface area (Å²) in [4.78, 5) is 0. The second-order valence-electron chi connectivity index (χ2n) is 8.39. The van der Waals surface area contributed by atoms with Crippen LogP contribution in [0.4, 0.5) is 0 Å². The van der Waals surface area contributed by atoms with Crippen molar-refractivity contribution in [3.8, 4) is 0 Å². The highest BCUT2D eigenvalue weighted by Gasteiger charge is 2.27. The number of quaternary nitrogens is 1. The molecule has 0 aliphatic carbocycles. The summed E-state index contributed by atoms with van der Waals surface area (Å²) in [5.74, 6) is -0.790. The molecule has 14 heteroatoms. The van der Waals surface area contributed by atoms with Crippen LogP contribution in [-0.2, 0) is 29.7 Å². The summed E-state index contributed by atoms with van der Waals surface area (Å²) in [6.45, 7) is 9.20. The molecule has 0 aromatic carbocycles. The Kier molecular flexibility index (Phi) is 19.3. The van der Waals surface area contributed by atoms with Gasteiger partial charge in [-0.1, -0.05) is 19.1 Å². The second-order valence-corrected chi connectivity index (χ2v) is 14.9. The third kappa shape index (κ3) is 21.7. The van der Waals surface area contributed by atoms with E-state index in [-0.39, 0.29) is 24.7 Å². The monoisotopic (exact) mass is 523 g/mol. The highest BCUT2D eigenvalue weighted by Crippen LogP contribution is 2.15. The van der Waals surface area contributed by atoms with E-state index in [2.05, 4.69) is 13.1 Å². The number of nitrogens with zero attached hydrogens (tertiary/aromatic N) is 1. The zero-order valence-corrected chi connectivity index (χ0v) is 22.5. The van der Waals surface area contributed by atoms with Gasteiger partial charge in [0.25, 0.3) is 10.1 Å². The SMILES string of the molecule is C[SiH](C)CCC[N+](CCCS(=O)(=O)[O-])(CCCS(=O)(=O)O)CCOCCOCCCN.N. The maximum absolute atomic E-state index is 11.2. The van der Waals surface area contributed by atoms with Crippen LogP contribution >= 0.6 is 0 Å². The molecule has 1 atom stereocenters. The lowest BCUT2D eigenvalue weighted by molar-refractivity contribution is -0.928. The number of hydrogen-bond acceptors (Lipinski definition) is 9. The Hall–Kier alpha value is -0.163. The first-order chi connectivity index (χ1) is 14.4. The Labute approximate surface area is 196 Å². The average Bonchev–Trinajstić information content (AvgIpc) is 2.61. The van der Waals surface area contributed by atoms with Crippen LogP contribution in [0, 0.1) is 0 Å². The Balaban J connectivity index is 0. The van der Waals surface area contributed by atoms with Gasteiger partial charge in [-0.05, 0) is 19.4 Å². The first-order valence-corrected chi connectivity index (χ1v) is 17.3. The van der Waals surface area contributed by atoms with Crippen molar-refractivity contribution in [2.24, 2.45) is 5.73 Å². The van der Waals surface area contributed by atoms with Gasteiger partial charge in [-0.3, -0.25) is 4.55 Å². The van der Waals surface area contributed by atoms with Gasteiger partial charge in [0.05, 0.1) is 55.3 Å². The van der Waals surface area contributed by atoms with Crippen molar-refractivity contribution in [2.45, 2.75) is 44.8 Å². The van der Waals surface area contributed by atoms with Gasteiger partial charge >= 0.3 is 0 Å². The fraction of sp³-hybridized carbons (Fsp3) is 1.00. The van der Waals surface area contributed by atoms with Crippen LogP contribution in [0.3, 0.4) is 0 Å². The van der Waals surface area contributed by atoms with Gasteiger partial charge in [-0.2, -0.15) is 8.42 Å². The smallest absolute Gasteiger partial charge is 0.265 e. The topological polar surface area (TPSA) is 191 Å². The first-order valence-electron chi connectivity index (χ1n) is 11.0. The Morgan fingerprint density at radius 1 is 0.844 bits per heavy atom. The molecule has 32 heavy (non-hydrogen) atoms. The molecule has 0 saturated carbocycles. The third-order valence-electron chi connectivity index (χ3n) is 5.05. The normalized spacial score (nSPS) is 14.3. The summed E-state index contributed by atoms with van der Waals surface area (Å²) in [5.41, 5.74) is 5.41. The summed E-state index contributed by atoms with van der Waals surface area (Å²) in [7, 11) is -9.15. The maximum Gasteiger partial charge on any atom is 0.265 e. The van der Waals surface area contributed by atoms with Crippen molar-refractivity contribution in [1.29, 1.82) is 0 Å². The molecule has 196 valence electrons. The largest absolute Gasteiger partial charge is 0.748 e. The number of hydrogen-bond donors (Lipinski definition) is 3. The molecule has 0 amide bonds. The molecule has 0 fully saturated rings. The van der Waals surface area contributed by atoms with Gasteiger partial charge in [0.1, 0.15) is 6.54 Å². The molecule has 0 aliphatic rings. The molecule has 0 aromatic heterocycles. The van der Waals surface area contributed by atoms with E-state index in [4.69, 9.17) is 19.8 Å². The first kappa shape index (κ1) is 34.0. The highest BCUT2D eigenvalue weighted by atomic mass is 32.2. The van der Waals surface area contributed by atoms with E-state index in [9.17, 15) is 21.4 Å². The molecule has 0 saturated heterocycles.